The number of anilines is 3. The molecule has 0 saturated heterocycles. The quantitative estimate of drug-likeness (QED) is 0.448. The maximum Gasteiger partial charge on any atom is 0.150 e. The van der Waals surface area contributed by atoms with Gasteiger partial charge in [0.05, 0.1) is 8.07 Å². The largest absolute Gasteiger partial charge is 0.311 e. The van der Waals surface area contributed by atoms with E-state index in [0.717, 1.165) is 23.3 Å². The molecule has 0 N–H and O–H groups in total. The molecule has 0 heterocycles. The van der Waals surface area contributed by atoms with Gasteiger partial charge in [0.1, 0.15) is 6.29 Å². The molecule has 0 atom stereocenters. The zero-order chi connectivity index (χ0) is 17.9. The van der Waals surface area contributed by atoms with Gasteiger partial charge in [-0.05, 0) is 48.5 Å². The Morgan fingerprint density at radius 1 is 0.680 bits per heavy atom. The second kappa shape index (κ2) is 7.07. The SMILES string of the molecule is C[Si](C)(C)c1ccc(N(c2ccccc2)c2ccc(C=O)cc2)cc1. The van der Waals surface area contributed by atoms with E-state index in [9.17, 15) is 4.79 Å². The average molecular weight is 346 g/mol. The normalized spacial score (nSPS) is 11.2. The van der Waals surface area contributed by atoms with Crippen molar-refractivity contribution in [3.05, 3.63) is 84.4 Å². The number of carbonyl (C=O) groups excluding carboxylic acids is 1. The molecular formula is C22H23NOSi. The van der Waals surface area contributed by atoms with E-state index in [2.05, 4.69) is 60.9 Å². The highest BCUT2D eigenvalue weighted by molar-refractivity contribution is 6.88. The molecule has 0 amide bonds. The molecule has 0 unspecified atom stereocenters. The van der Waals surface area contributed by atoms with Gasteiger partial charge in [-0.25, -0.2) is 0 Å². The standard InChI is InChI=1S/C22H23NOSi/c1-25(2,3)22-15-13-21(14-16-22)23(19-7-5-4-6-8-19)20-11-9-18(17-24)10-12-20/h4-17H,1-3H3. The van der Waals surface area contributed by atoms with Crippen LogP contribution in [0.15, 0.2) is 78.9 Å². The van der Waals surface area contributed by atoms with Crippen LogP contribution < -0.4 is 10.1 Å². The molecule has 0 aliphatic rings. The first-order valence-electron chi connectivity index (χ1n) is 8.50. The summed E-state index contributed by atoms with van der Waals surface area (Å²) in [6, 6.07) is 26.9. The van der Waals surface area contributed by atoms with Gasteiger partial charge in [-0.3, -0.25) is 4.79 Å². The Bertz CT molecular complexity index is 834. The molecule has 25 heavy (non-hydrogen) atoms. The van der Waals surface area contributed by atoms with Crippen LogP contribution in [0, 0.1) is 0 Å². The van der Waals surface area contributed by atoms with E-state index in [1.54, 1.807) is 0 Å². The van der Waals surface area contributed by atoms with Crippen LogP contribution in [0.3, 0.4) is 0 Å². The van der Waals surface area contributed by atoms with Gasteiger partial charge in [0, 0.05) is 22.6 Å². The van der Waals surface area contributed by atoms with Crippen molar-refractivity contribution in [1.29, 1.82) is 0 Å². The first kappa shape index (κ1) is 17.2. The lowest BCUT2D eigenvalue weighted by atomic mass is 10.1. The van der Waals surface area contributed by atoms with Crippen LogP contribution in [0.1, 0.15) is 10.4 Å². The van der Waals surface area contributed by atoms with Gasteiger partial charge in [0.15, 0.2) is 0 Å². The molecule has 0 aliphatic heterocycles. The molecule has 3 rings (SSSR count). The fraction of sp³-hybridized carbons (Fsp3) is 0.136. The van der Waals surface area contributed by atoms with E-state index in [0.29, 0.717) is 5.56 Å². The number of hydrogen-bond acceptors (Lipinski definition) is 2. The number of carbonyl (C=O) groups is 1. The van der Waals surface area contributed by atoms with Crippen LogP contribution in [0.2, 0.25) is 19.6 Å². The summed E-state index contributed by atoms with van der Waals surface area (Å²) in [5.41, 5.74) is 3.94. The van der Waals surface area contributed by atoms with E-state index < -0.39 is 8.07 Å². The molecule has 3 aromatic rings. The predicted octanol–water partition coefficient (Wildman–Crippen LogP) is 5.51. The monoisotopic (exact) mass is 345 g/mol. The minimum atomic E-state index is -1.32. The van der Waals surface area contributed by atoms with Crippen LogP contribution in [0.5, 0.6) is 0 Å². The summed E-state index contributed by atoms with van der Waals surface area (Å²) in [5.74, 6) is 0. The van der Waals surface area contributed by atoms with Crippen molar-refractivity contribution in [1.82, 2.24) is 0 Å². The first-order valence-corrected chi connectivity index (χ1v) is 12.0. The minimum Gasteiger partial charge on any atom is -0.311 e. The van der Waals surface area contributed by atoms with Gasteiger partial charge in [-0.2, -0.15) is 0 Å². The molecule has 0 spiro atoms. The van der Waals surface area contributed by atoms with Crippen molar-refractivity contribution in [3.63, 3.8) is 0 Å². The Labute approximate surface area is 150 Å². The lowest BCUT2D eigenvalue weighted by Crippen LogP contribution is -2.37. The summed E-state index contributed by atoms with van der Waals surface area (Å²) < 4.78 is 0. The average Bonchev–Trinajstić information content (AvgIpc) is 2.63. The number of benzene rings is 3. The van der Waals surface area contributed by atoms with Gasteiger partial charge in [-0.15, -0.1) is 0 Å². The van der Waals surface area contributed by atoms with Crippen molar-refractivity contribution in [3.8, 4) is 0 Å². The third kappa shape index (κ3) is 3.89. The molecule has 3 aromatic carbocycles. The van der Waals surface area contributed by atoms with Crippen LogP contribution in [-0.2, 0) is 0 Å². The van der Waals surface area contributed by atoms with E-state index in [1.165, 1.54) is 5.19 Å². The predicted molar refractivity (Wildman–Crippen MR) is 109 cm³/mol. The second-order valence-corrected chi connectivity index (χ2v) is 12.3. The number of hydrogen-bond donors (Lipinski definition) is 0. The molecule has 0 fully saturated rings. The summed E-state index contributed by atoms with van der Waals surface area (Å²) in [6.45, 7) is 7.07. The summed E-state index contributed by atoms with van der Waals surface area (Å²) in [6.07, 6.45) is 0.874. The first-order chi connectivity index (χ1) is 12.0. The lowest BCUT2D eigenvalue weighted by Gasteiger charge is -2.26. The Balaban J connectivity index is 2.06. The lowest BCUT2D eigenvalue weighted by molar-refractivity contribution is 0.112. The smallest absolute Gasteiger partial charge is 0.150 e. The summed E-state index contributed by atoms with van der Waals surface area (Å²) in [5, 5.41) is 1.44. The van der Waals surface area contributed by atoms with Crippen molar-refractivity contribution in [2.45, 2.75) is 19.6 Å². The number of rotatable bonds is 5. The summed E-state index contributed by atoms with van der Waals surface area (Å²) in [4.78, 5) is 13.2. The fourth-order valence-electron chi connectivity index (χ4n) is 2.84. The number of para-hydroxylation sites is 1. The maximum atomic E-state index is 10.9. The van der Waals surface area contributed by atoms with Crippen LogP contribution in [0.4, 0.5) is 17.1 Å². The highest BCUT2D eigenvalue weighted by Gasteiger charge is 2.17. The van der Waals surface area contributed by atoms with Crippen LogP contribution in [-0.4, -0.2) is 14.4 Å². The van der Waals surface area contributed by atoms with E-state index in [1.807, 2.05) is 42.5 Å². The van der Waals surface area contributed by atoms with Crippen molar-refractivity contribution >= 4 is 36.6 Å². The van der Waals surface area contributed by atoms with Crippen LogP contribution in [0.25, 0.3) is 0 Å². The van der Waals surface area contributed by atoms with E-state index in [-0.39, 0.29) is 0 Å². The zero-order valence-electron chi connectivity index (χ0n) is 14.9. The summed E-state index contributed by atoms with van der Waals surface area (Å²) in [7, 11) is -1.32. The molecular weight excluding hydrogens is 322 g/mol. The van der Waals surface area contributed by atoms with Gasteiger partial charge >= 0.3 is 0 Å². The molecule has 3 heteroatoms. The van der Waals surface area contributed by atoms with Gasteiger partial charge in [0.25, 0.3) is 0 Å². The van der Waals surface area contributed by atoms with Gasteiger partial charge in [0.2, 0.25) is 0 Å². The molecule has 2 nitrogen and oxygen atoms in total. The molecule has 126 valence electrons. The van der Waals surface area contributed by atoms with Crippen molar-refractivity contribution in [2.75, 3.05) is 4.90 Å². The fourth-order valence-corrected chi connectivity index (χ4v) is 4.00. The number of nitrogens with zero attached hydrogens (tertiary/aromatic N) is 1. The maximum absolute atomic E-state index is 10.9. The van der Waals surface area contributed by atoms with Crippen molar-refractivity contribution < 1.29 is 4.79 Å². The zero-order valence-corrected chi connectivity index (χ0v) is 15.9. The highest BCUT2D eigenvalue weighted by Crippen LogP contribution is 2.33. The van der Waals surface area contributed by atoms with Crippen LogP contribution >= 0.6 is 0 Å². The molecule has 0 aliphatic carbocycles. The molecule has 0 saturated carbocycles. The third-order valence-corrected chi connectivity index (χ3v) is 6.36. The second-order valence-electron chi connectivity index (χ2n) is 7.18. The van der Waals surface area contributed by atoms with Gasteiger partial charge < -0.3 is 4.90 Å². The molecule has 0 aromatic heterocycles. The third-order valence-electron chi connectivity index (χ3n) is 4.29. The molecule has 0 bridgehead atoms. The molecule has 0 radical (unpaired) electrons. The van der Waals surface area contributed by atoms with E-state index in [4.69, 9.17) is 0 Å². The van der Waals surface area contributed by atoms with Gasteiger partial charge in [-0.1, -0.05) is 55.2 Å². The Morgan fingerprint density at radius 3 is 1.64 bits per heavy atom. The highest BCUT2D eigenvalue weighted by atomic mass is 28.3. The Morgan fingerprint density at radius 2 is 1.16 bits per heavy atom. The topological polar surface area (TPSA) is 20.3 Å². The minimum absolute atomic E-state index is 0.686. The Kier molecular flexibility index (Phi) is 4.86. The Hall–Kier alpha value is -2.65. The summed E-state index contributed by atoms with van der Waals surface area (Å²) >= 11 is 0. The van der Waals surface area contributed by atoms with Crippen molar-refractivity contribution in [2.24, 2.45) is 0 Å². The number of aldehydes is 1. The van der Waals surface area contributed by atoms with E-state index >= 15 is 0 Å².